The fraction of sp³-hybridized carbons (Fsp3) is 0.100. The van der Waals surface area contributed by atoms with Gasteiger partial charge in [-0.05, 0) is 42.5 Å². The van der Waals surface area contributed by atoms with Crippen LogP contribution in [0.1, 0.15) is 15.4 Å². The number of fused-ring (bicyclic) bond motifs is 1. The SMILES string of the molecule is CN(Cc1nc2ccccc2s1)C(=O)c1cccc(-n2cccc2)c1. The Bertz CT molecular complexity index is 987. The van der Waals surface area contributed by atoms with Crippen LogP contribution in [0.15, 0.2) is 73.1 Å². The van der Waals surface area contributed by atoms with Gasteiger partial charge in [-0.1, -0.05) is 18.2 Å². The number of amides is 1. The minimum atomic E-state index is -0.00624. The highest BCUT2D eigenvalue weighted by Crippen LogP contribution is 2.23. The zero-order chi connectivity index (χ0) is 17.2. The number of hydrogen-bond donors (Lipinski definition) is 0. The molecule has 0 bridgehead atoms. The summed E-state index contributed by atoms with van der Waals surface area (Å²) in [5, 5.41) is 0.943. The Balaban J connectivity index is 1.55. The second-order valence-corrected chi connectivity index (χ2v) is 6.99. The number of nitrogens with zero attached hydrogens (tertiary/aromatic N) is 3. The van der Waals surface area contributed by atoms with Crippen molar-refractivity contribution in [2.75, 3.05) is 7.05 Å². The molecule has 0 aliphatic heterocycles. The van der Waals surface area contributed by atoms with Crippen molar-refractivity contribution in [3.05, 3.63) is 83.6 Å². The van der Waals surface area contributed by atoms with Gasteiger partial charge in [-0.25, -0.2) is 4.98 Å². The van der Waals surface area contributed by atoms with Gasteiger partial charge >= 0.3 is 0 Å². The summed E-state index contributed by atoms with van der Waals surface area (Å²) in [6, 6.07) is 19.6. The van der Waals surface area contributed by atoms with Gasteiger partial charge in [-0.15, -0.1) is 11.3 Å². The highest BCUT2D eigenvalue weighted by atomic mass is 32.1. The molecule has 2 aromatic heterocycles. The molecule has 0 unspecified atom stereocenters. The molecule has 0 atom stereocenters. The molecule has 4 nitrogen and oxygen atoms in total. The number of carbonyl (C=O) groups is 1. The maximum Gasteiger partial charge on any atom is 0.254 e. The number of para-hydroxylation sites is 1. The van der Waals surface area contributed by atoms with E-state index in [2.05, 4.69) is 11.1 Å². The van der Waals surface area contributed by atoms with E-state index in [0.717, 1.165) is 20.9 Å². The van der Waals surface area contributed by atoms with Crippen LogP contribution in [0.4, 0.5) is 0 Å². The van der Waals surface area contributed by atoms with Gasteiger partial charge < -0.3 is 9.47 Å². The van der Waals surface area contributed by atoms with Gasteiger partial charge in [0.1, 0.15) is 5.01 Å². The van der Waals surface area contributed by atoms with Crippen LogP contribution in [0.2, 0.25) is 0 Å². The van der Waals surface area contributed by atoms with Crippen LogP contribution >= 0.6 is 11.3 Å². The van der Waals surface area contributed by atoms with E-state index in [-0.39, 0.29) is 5.91 Å². The molecule has 124 valence electrons. The fourth-order valence-electron chi connectivity index (χ4n) is 2.79. The number of rotatable bonds is 4. The first-order valence-corrected chi connectivity index (χ1v) is 8.86. The highest BCUT2D eigenvalue weighted by Gasteiger charge is 2.15. The number of thiazole rings is 1. The van der Waals surface area contributed by atoms with Crippen LogP contribution in [0, 0.1) is 0 Å². The largest absolute Gasteiger partial charge is 0.335 e. The van der Waals surface area contributed by atoms with Crippen LogP contribution in [-0.4, -0.2) is 27.4 Å². The Morgan fingerprint density at radius 3 is 2.68 bits per heavy atom. The highest BCUT2D eigenvalue weighted by molar-refractivity contribution is 7.18. The van der Waals surface area contributed by atoms with Crippen molar-refractivity contribution in [2.24, 2.45) is 0 Å². The second-order valence-electron chi connectivity index (χ2n) is 5.88. The molecule has 0 aliphatic carbocycles. The molecule has 2 heterocycles. The summed E-state index contributed by atoms with van der Waals surface area (Å²) in [5.41, 5.74) is 2.64. The molecule has 0 fully saturated rings. The van der Waals surface area contributed by atoms with Crippen molar-refractivity contribution in [3.8, 4) is 5.69 Å². The average Bonchev–Trinajstić information content (AvgIpc) is 3.30. The summed E-state index contributed by atoms with van der Waals surface area (Å²) >= 11 is 1.63. The standard InChI is InChI=1S/C20H17N3OS/c1-22(14-19-21-17-9-2-3-10-18(17)25-19)20(24)15-7-6-8-16(13-15)23-11-4-5-12-23/h2-13H,14H2,1H3. The van der Waals surface area contributed by atoms with E-state index in [9.17, 15) is 4.79 Å². The molecule has 0 radical (unpaired) electrons. The van der Waals surface area contributed by atoms with Crippen molar-refractivity contribution in [1.29, 1.82) is 0 Å². The molecule has 4 rings (SSSR count). The van der Waals surface area contributed by atoms with Gasteiger partial charge in [0.2, 0.25) is 0 Å². The van der Waals surface area contributed by atoms with E-state index in [0.29, 0.717) is 12.1 Å². The Labute approximate surface area is 150 Å². The van der Waals surface area contributed by atoms with Gasteiger partial charge in [0.25, 0.3) is 5.91 Å². The molecule has 0 aliphatic rings. The fourth-order valence-corrected chi connectivity index (χ4v) is 3.81. The third kappa shape index (κ3) is 3.19. The van der Waals surface area contributed by atoms with Crippen molar-refractivity contribution < 1.29 is 4.79 Å². The summed E-state index contributed by atoms with van der Waals surface area (Å²) in [5.74, 6) is -0.00624. The number of aromatic nitrogens is 2. The van der Waals surface area contributed by atoms with E-state index < -0.39 is 0 Å². The first-order valence-electron chi connectivity index (χ1n) is 8.04. The number of hydrogen-bond acceptors (Lipinski definition) is 3. The smallest absolute Gasteiger partial charge is 0.254 e. The van der Waals surface area contributed by atoms with Crippen molar-refractivity contribution in [1.82, 2.24) is 14.5 Å². The van der Waals surface area contributed by atoms with Crippen LogP contribution in [0.25, 0.3) is 15.9 Å². The predicted molar refractivity (Wildman–Crippen MR) is 101 cm³/mol. The maximum absolute atomic E-state index is 12.8. The van der Waals surface area contributed by atoms with E-state index in [1.807, 2.05) is 78.6 Å². The summed E-state index contributed by atoms with van der Waals surface area (Å²) in [4.78, 5) is 19.1. The minimum absolute atomic E-state index is 0.00624. The third-order valence-corrected chi connectivity index (χ3v) is 5.07. The monoisotopic (exact) mass is 347 g/mol. The normalized spacial score (nSPS) is 10.9. The van der Waals surface area contributed by atoms with Crippen molar-refractivity contribution in [2.45, 2.75) is 6.54 Å². The molecule has 25 heavy (non-hydrogen) atoms. The molecule has 2 aromatic carbocycles. The zero-order valence-corrected chi connectivity index (χ0v) is 14.6. The lowest BCUT2D eigenvalue weighted by Crippen LogP contribution is -2.26. The molecular formula is C20H17N3OS. The van der Waals surface area contributed by atoms with Gasteiger partial charge in [-0.3, -0.25) is 4.79 Å². The summed E-state index contributed by atoms with van der Waals surface area (Å²) in [6.45, 7) is 0.506. The molecule has 4 aromatic rings. The topological polar surface area (TPSA) is 38.1 Å². The van der Waals surface area contributed by atoms with Crippen molar-refractivity contribution >= 4 is 27.5 Å². The molecule has 0 N–H and O–H groups in total. The Morgan fingerprint density at radius 1 is 1.08 bits per heavy atom. The van der Waals surface area contributed by atoms with Crippen LogP contribution in [0.3, 0.4) is 0 Å². The van der Waals surface area contributed by atoms with Crippen LogP contribution in [0.5, 0.6) is 0 Å². The maximum atomic E-state index is 12.8. The lowest BCUT2D eigenvalue weighted by Gasteiger charge is -2.16. The number of carbonyl (C=O) groups excluding carboxylic acids is 1. The van der Waals surface area contributed by atoms with Crippen LogP contribution < -0.4 is 0 Å². The molecule has 5 heteroatoms. The first kappa shape index (κ1) is 15.6. The lowest BCUT2D eigenvalue weighted by atomic mass is 10.1. The van der Waals surface area contributed by atoms with E-state index in [4.69, 9.17) is 0 Å². The van der Waals surface area contributed by atoms with E-state index in [1.54, 1.807) is 16.2 Å². The summed E-state index contributed by atoms with van der Waals surface area (Å²) < 4.78 is 3.14. The summed E-state index contributed by atoms with van der Waals surface area (Å²) in [7, 11) is 1.82. The number of benzene rings is 2. The molecule has 1 amide bonds. The Kier molecular flexibility index (Phi) is 4.07. The van der Waals surface area contributed by atoms with E-state index in [1.165, 1.54) is 0 Å². The Hall–Kier alpha value is -2.92. The lowest BCUT2D eigenvalue weighted by molar-refractivity contribution is 0.0785. The quantitative estimate of drug-likeness (QED) is 0.550. The third-order valence-electron chi connectivity index (χ3n) is 4.05. The second kappa shape index (κ2) is 6.53. The minimum Gasteiger partial charge on any atom is -0.335 e. The van der Waals surface area contributed by atoms with E-state index >= 15 is 0 Å². The molecular weight excluding hydrogens is 330 g/mol. The molecule has 0 saturated carbocycles. The molecule has 0 saturated heterocycles. The van der Waals surface area contributed by atoms with Gasteiger partial charge in [-0.2, -0.15) is 0 Å². The first-order chi connectivity index (χ1) is 12.2. The van der Waals surface area contributed by atoms with Gasteiger partial charge in [0.05, 0.1) is 16.8 Å². The average molecular weight is 347 g/mol. The van der Waals surface area contributed by atoms with Gasteiger partial charge in [0.15, 0.2) is 0 Å². The van der Waals surface area contributed by atoms with Crippen molar-refractivity contribution in [3.63, 3.8) is 0 Å². The summed E-state index contributed by atoms with van der Waals surface area (Å²) in [6.07, 6.45) is 3.93. The molecule has 0 spiro atoms. The van der Waals surface area contributed by atoms with Crippen LogP contribution in [-0.2, 0) is 6.54 Å². The Morgan fingerprint density at radius 2 is 1.88 bits per heavy atom. The predicted octanol–water partition coefficient (Wildman–Crippen LogP) is 4.36. The van der Waals surface area contributed by atoms with Gasteiger partial charge in [0, 0.05) is 30.7 Å². The zero-order valence-electron chi connectivity index (χ0n) is 13.8.